The van der Waals surface area contributed by atoms with Crippen LogP contribution in [0.2, 0.25) is 0 Å². The van der Waals surface area contributed by atoms with E-state index in [0.29, 0.717) is 35.7 Å². The average Bonchev–Trinajstić information content (AvgIpc) is 2.83. The number of fused-ring (bicyclic) bond motifs is 1. The largest absolute Gasteiger partial charge is 0.493 e. The van der Waals surface area contributed by atoms with E-state index in [2.05, 4.69) is 4.98 Å². The Morgan fingerprint density at radius 1 is 0.903 bits per heavy atom. The topological polar surface area (TPSA) is 51.7 Å². The Morgan fingerprint density at radius 2 is 1.71 bits per heavy atom. The third-order valence-corrected chi connectivity index (χ3v) is 5.09. The molecule has 0 bridgehead atoms. The molecular formula is C26H24N2O3. The average molecular weight is 412 g/mol. The third-order valence-electron chi connectivity index (χ3n) is 5.09. The molecular weight excluding hydrogens is 388 g/mol. The molecule has 0 N–H and O–H groups in total. The number of benzene rings is 3. The molecule has 5 nitrogen and oxygen atoms in total. The van der Waals surface area contributed by atoms with Crippen LogP contribution >= 0.6 is 0 Å². The van der Waals surface area contributed by atoms with Gasteiger partial charge in [0.05, 0.1) is 18.2 Å². The second-order valence-corrected chi connectivity index (χ2v) is 7.30. The number of hydrogen-bond donors (Lipinski definition) is 0. The van der Waals surface area contributed by atoms with Gasteiger partial charge in [0.1, 0.15) is 6.61 Å². The molecule has 4 rings (SSSR count). The van der Waals surface area contributed by atoms with Gasteiger partial charge in [0.2, 0.25) is 0 Å². The van der Waals surface area contributed by atoms with Gasteiger partial charge in [-0.3, -0.25) is 9.78 Å². The second-order valence-electron chi connectivity index (χ2n) is 7.30. The predicted octanol–water partition coefficient (Wildman–Crippen LogP) is 5.09. The van der Waals surface area contributed by atoms with Gasteiger partial charge in [0, 0.05) is 25.2 Å². The molecule has 1 amide bonds. The normalized spacial score (nSPS) is 10.6. The molecule has 156 valence electrons. The minimum atomic E-state index is -0.0762. The first-order valence-corrected chi connectivity index (χ1v) is 10.1. The molecule has 0 aliphatic heterocycles. The van der Waals surface area contributed by atoms with Crippen molar-refractivity contribution in [1.82, 2.24) is 9.88 Å². The van der Waals surface area contributed by atoms with Gasteiger partial charge >= 0.3 is 0 Å². The highest BCUT2D eigenvalue weighted by molar-refractivity contribution is 6.05. The first-order valence-electron chi connectivity index (χ1n) is 10.1. The van der Waals surface area contributed by atoms with Gasteiger partial charge in [-0.1, -0.05) is 54.6 Å². The predicted molar refractivity (Wildman–Crippen MR) is 121 cm³/mol. The summed E-state index contributed by atoms with van der Waals surface area (Å²) in [6.07, 6.45) is 1.71. The summed E-state index contributed by atoms with van der Waals surface area (Å²) in [7, 11) is 3.40. The lowest BCUT2D eigenvalue weighted by atomic mass is 10.1. The summed E-state index contributed by atoms with van der Waals surface area (Å²) in [5.41, 5.74) is 3.34. The number of ether oxygens (including phenoxy) is 2. The number of carbonyl (C=O) groups is 1. The van der Waals surface area contributed by atoms with Gasteiger partial charge in [0.25, 0.3) is 5.91 Å². The molecule has 0 saturated heterocycles. The molecule has 4 aromatic rings. The van der Waals surface area contributed by atoms with Crippen LogP contribution < -0.4 is 9.47 Å². The van der Waals surface area contributed by atoms with E-state index in [1.165, 1.54) is 0 Å². The van der Waals surface area contributed by atoms with Crippen LogP contribution in [0.5, 0.6) is 11.5 Å². The SMILES string of the molecule is COc1cc(CN(C)C(=O)c2cccc3cccnc23)ccc1OCc1ccccc1. The lowest BCUT2D eigenvalue weighted by Crippen LogP contribution is -2.26. The Kier molecular flexibility index (Phi) is 6.13. The van der Waals surface area contributed by atoms with Crippen molar-refractivity contribution in [2.75, 3.05) is 14.2 Å². The summed E-state index contributed by atoms with van der Waals surface area (Å²) in [5.74, 6) is 1.23. The molecule has 0 atom stereocenters. The van der Waals surface area contributed by atoms with E-state index in [9.17, 15) is 4.79 Å². The van der Waals surface area contributed by atoms with Crippen LogP contribution in [0.1, 0.15) is 21.5 Å². The summed E-state index contributed by atoms with van der Waals surface area (Å²) in [4.78, 5) is 19.1. The van der Waals surface area contributed by atoms with E-state index in [-0.39, 0.29) is 5.91 Å². The zero-order chi connectivity index (χ0) is 21.6. The molecule has 1 heterocycles. The second kappa shape index (κ2) is 9.30. The number of hydrogen-bond acceptors (Lipinski definition) is 4. The van der Waals surface area contributed by atoms with Crippen molar-refractivity contribution in [1.29, 1.82) is 0 Å². The van der Waals surface area contributed by atoms with Crippen molar-refractivity contribution in [2.45, 2.75) is 13.2 Å². The molecule has 0 aliphatic carbocycles. The Morgan fingerprint density at radius 3 is 2.52 bits per heavy atom. The lowest BCUT2D eigenvalue weighted by Gasteiger charge is -2.19. The maximum Gasteiger partial charge on any atom is 0.256 e. The fourth-order valence-corrected chi connectivity index (χ4v) is 3.49. The van der Waals surface area contributed by atoms with Crippen LogP contribution in [-0.4, -0.2) is 29.9 Å². The van der Waals surface area contributed by atoms with Gasteiger partial charge < -0.3 is 14.4 Å². The highest BCUT2D eigenvalue weighted by atomic mass is 16.5. The van der Waals surface area contributed by atoms with Crippen molar-refractivity contribution in [3.05, 3.63) is 102 Å². The Balaban J connectivity index is 1.48. The number of rotatable bonds is 7. The van der Waals surface area contributed by atoms with Crippen molar-refractivity contribution in [3.8, 4) is 11.5 Å². The van der Waals surface area contributed by atoms with Gasteiger partial charge in [-0.15, -0.1) is 0 Å². The van der Waals surface area contributed by atoms with Gasteiger partial charge in [-0.25, -0.2) is 0 Å². The maximum absolute atomic E-state index is 13.1. The van der Waals surface area contributed by atoms with E-state index >= 15 is 0 Å². The number of pyridine rings is 1. The molecule has 0 fully saturated rings. The number of nitrogens with zero attached hydrogens (tertiary/aromatic N) is 2. The standard InChI is InChI=1S/C26H24N2O3/c1-28(26(29)22-12-6-10-21-11-7-15-27-25(21)22)17-20-13-14-23(24(16-20)30-2)31-18-19-8-4-3-5-9-19/h3-16H,17-18H2,1-2H3. The molecule has 0 spiro atoms. The summed E-state index contributed by atoms with van der Waals surface area (Å²) >= 11 is 0. The van der Waals surface area contributed by atoms with Crippen molar-refractivity contribution in [2.24, 2.45) is 0 Å². The number of methoxy groups -OCH3 is 1. The minimum absolute atomic E-state index is 0.0762. The van der Waals surface area contributed by atoms with Gasteiger partial charge in [-0.2, -0.15) is 0 Å². The smallest absolute Gasteiger partial charge is 0.256 e. The fourth-order valence-electron chi connectivity index (χ4n) is 3.49. The van der Waals surface area contributed by atoms with Crippen molar-refractivity contribution >= 4 is 16.8 Å². The van der Waals surface area contributed by atoms with E-state index in [1.54, 1.807) is 25.3 Å². The molecule has 1 aromatic heterocycles. The van der Waals surface area contributed by atoms with E-state index in [0.717, 1.165) is 16.5 Å². The van der Waals surface area contributed by atoms with E-state index in [1.807, 2.05) is 78.9 Å². The number of para-hydroxylation sites is 1. The van der Waals surface area contributed by atoms with Crippen LogP contribution in [0.3, 0.4) is 0 Å². The Labute approximate surface area is 181 Å². The van der Waals surface area contributed by atoms with Crippen LogP contribution in [0, 0.1) is 0 Å². The Hall–Kier alpha value is -3.86. The van der Waals surface area contributed by atoms with Gasteiger partial charge in [0.15, 0.2) is 11.5 Å². The van der Waals surface area contributed by atoms with Crippen molar-refractivity contribution < 1.29 is 14.3 Å². The number of amides is 1. The van der Waals surface area contributed by atoms with E-state index in [4.69, 9.17) is 9.47 Å². The summed E-state index contributed by atoms with van der Waals surface area (Å²) in [6, 6.07) is 25.2. The molecule has 0 saturated carbocycles. The monoisotopic (exact) mass is 412 g/mol. The summed E-state index contributed by atoms with van der Waals surface area (Å²) < 4.78 is 11.4. The Bertz CT molecular complexity index is 1190. The molecule has 0 radical (unpaired) electrons. The zero-order valence-corrected chi connectivity index (χ0v) is 17.6. The number of carbonyl (C=O) groups excluding carboxylic acids is 1. The highest BCUT2D eigenvalue weighted by Gasteiger charge is 2.16. The first-order chi connectivity index (χ1) is 15.2. The zero-order valence-electron chi connectivity index (χ0n) is 17.6. The molecule has 0 aliphatic rings. The fraction of sp³-hybridized carbons (Fsp3) is 0.154. The molecule has 0 unspecified atom stereocenters. The van der Waals surface area contributed by atoms with Crippen LogP contribution in [0.4, 0.5) is 0 Å². The third kappa shape index (κ3) is 4.67. The minimum Gasteiger partial charge on any atom is -0.493 e. The quantitative estimate of drug-likeness (QED) is 0.424. The van der Waals surface area contributed by atoms with Crippen molar-refractivity contribution in [3.63, 3.8) is 0 Å². The first kappa shape index (κ1) is 20.4. The summed E-state index contributed by atoms with van der Waals surface area (Å²) in [6.45, 7) is 0.903. The maximum atomic E-state index is 13.1. The summed E-state index contributed by atoms with van der Waals surface area (Å²) in [5, 5.41) is 0.948. The molecule has 5 heteroatoms. The van der Waals surface area contributed by atoms with E-state index < -0.39 is 0 Å². The van der Waals surface area contributed by atoms with Crippen LogP contribution in [0.15, 0.2) is 85.1 Å². The van der Waals surface area contributed by atoms with Crippen LogP contribution in [-0.2, 0) is 13.2 Å². The molecule has 31 heavy (non-hydrogen) atoms. The van der Waals surface area contributed by atoms with Crippen LogP contribution in [0.25, 0.3) is 10.9 Å². The van der Waals surface area contributed by atoms with Gasteiger partial charge in [-0.05, 0) is 35.4 Å². The highest BCUT2D eigenvalue weighted by Crippen LogP contribution is 2.29. The molecule has 3 aromatic carbocycles. The number of aromatic nitrogens is 1. The lowest BCUT2D eigenvalue weighted by molar-refractivity contribution is 0.0786.